The van der Waals surface area contributed by atoms with Gasteiger partial charge >= 0.3 is 5.97 Å². The molecule has 182 valence electrons. The second-order valence-electron chi connectivity index (χ2n) is 8.24. The summed E-state index contributed by atoms with van der Waals surface area (Å²) in [6.07, 6.45) is 3.38. The number of thiazole rings is 1. The van der Waals surface area contributed by atoms with Crippen LogP contribution in [0.25, 0.3) is 6.08 Å². The van der Waals surface area contributed by atoms with Crippen molar-refractivity contribution >= 4 is 35.1 Å². The van der Waals surface area contributed by atoms with E-state index in [-0.39, 0.29) is 17.4 Å². The number of thioether (sulfide) groups is 1. The van der Waals surface area contributed by atoms with Crippen molar-refractivity contribution in [2.45, 2.75) is 37.8 Å². The van der Waals surface area contributed by atoms with Crippen LogP contribution in [0.4, 0.5) is 0 Å². The summed E-state index contributed by atoms with van der Waals surface area (Å²) in [5.74, 6) is -0.161. The molecule has 35 heavy (non-hydrogen) atoms. The molecule has 1 atom stereocenters. The summed E-state index contributed by atoms with van der Waals surface area (Å²) in [4.78, 5) is 33.0. The Morgan fingerprint density at radius 2 is 1.94 bits per heavy atom. The maximum absolute atomic E-state index is 13.6. The highest BCUT2D eigenvalue weighted by atomic mass is 32.2. The minimum Gasteiger partial charge on any atom is -0.504 e. The first-order valence-electron chi connectivity index (χ1n) is 11.0. The van der Waals surface area contributed by atoms with Crippen LogP contribution in [0.2, 0.25) is 0 Å². The van der Waals surface area contributed by atoms with Gasteiger partial charge < -0.3 is 14.6 Å². The van der Waals surface area contributed by atoms with E-state index in [1.54, 1.807) is 55.3 Å². The van der Waals surface area contributed by atoms with Crippen LogP contribution in [-0.4, -0.2) is 35.1 Å². The number of aromatic hydroxyl groups is 1. The predicted molar refractivity (Wildman–Crippen MR) is 138 cm³/mol. The Balaban J connectivity index is 1.91. The SMILES string of the molecule is COc1ccc(/C=c2\sc3n(c2=O)[C@@H](c2ccc(SC)cc2)C(C(=O)OC(C)C)=C(C)N=3)cc1O. The first-order chi connectivity index (χ1) is 16.7. The van der Waals surface area contributed by atoms with Crippen LogP contribution in [0.1, 0.15) is 37.9 Å². The average molecular weight is 511 g/mol. The number of carbonyl (C=O) groups excluding carboxylic acids is 1. The number of rotatable bonds is 6. The van der Waals surface area contributed by atoms with Crippen LogP contribution >= 0.6 is 23.1 Å². The average Bonchev–Trinajstić information content (AvgIpc) is 3.12. The summed E-state index contributed by atoms with van der Waals surface area (Å²) in [5.41, 5.74) is 2.03. The van der Waals surface area contributed by atoms with E-state index in [4.69, 9.17) is 9.47 Å². The molecule has 1 aliphatic heterocycles. The normalized spacial score (nSPS) is 15.7. The lowest BCUT2D eigenvalue weighted by atomic mass is 9.96. The lowest BCUT2D eigenvalue weighted by molar-refractivity contribution is -0.143. The topological polar surface area (TPSA) is 90.1 Å². The van der Waals surface area contributed by atoms with Gasteiger partial charge in [0.25, 0.3) is 5.56 Å². The number of hydrogen-bond acceptors (Lipinski definition) is 8. The van der Waals surface area contributed by atoms with Gasteiger partial charge in [-0.05, 0) is 68.5 Å². The minimum atomic E-state index is -0.667. The predicted octanol–water partition coefficient (Wildman–Crippen LogP) is 3.62. The van der Waals surface area contributed by atoms with E-state index >= 15 is 0 Å². The van der Waals surface area contributed by atoms with Crippen molar-refractivity contribution in [2.75, 3.05) is 13.4 Å². The molecule has 1 N–H and O–H groups in total. The molecule has 0 unspecified atom stereocenters. The van der Waals surface area contributed by atoms with Gasteiger partial charge in [0.05, 0.1) is 35.1 Å². The number of phenols is 1. The van der Waals surface area contributed by atoms with E-state index in [2.05, 4.69) is 4.99 Å². The number of aromatic nitrogens is 1. The Bertz CT molecular complexity index is 1480. The molecular formula is C26H26N2O5S2. The summed E-state index contributed by atoms with van der Waals surface area (Å²) in [5, 5.41) is 10.1. The minimum absolute atomic E-state index is 0.0182. The van der Waals surface area contributed by atoms with Crippen LogP contribution < -0.4 is 19.6 Å². The van der Waals surface area contributed by atoms with Gasteiger partial charge in [0, 0.05) is 4.90 Å². The fourth-order valence-corrected chi connectivity index (χ4v) is 5.36. The van der Waals surface area contributed by atoms with Crippen LogP contribution in [0, 0.1) is 0 Å². The molecule has 0 saturated heterocycles. The standard InChI is InChI=1S/C26H26N2O5S2/c1-14(2)33-25(31)22-15(3)27-26-28(23(22)17-7-9-18(34-5)10-8-17)24(30)21(35-26)13-16-6-11-20(32-4)19(29)12-16/h6-14,23,29H,1-5H3/b21-13-/t23-/m0/s1. The molecule has 7 nitrogen and oxygen atoms in total. The molecular weight excluding hydrogens is 484 g/mol. The zero-order valence-corrected chi connectivity index (χ0v) is 21.7. The zero-order valence-electron chi connectivity index (χ0n) is 20.1. The van der Waals surface area contributed by atoms with E-state index in [9.17, 15) is 14.7 Å². The number of esters is 1. The van der Waals surface area contributed by atoms with Gasteiger partial charge in [-0.15, -0.1) is 11.8 Å². The maximum atomic E-state index is 13.6. The zero-order chi connectivity index (χ0) is 25.3. The summed E-state index contributed by atoms with van der Waals surface area (Å²) in [6, 6.07) is 12.1. The molecule has 2 heterocycles. The van der Waals surface area contributed by atoms with E-state index in [0.717, 1.165) is 10.5 Å². The lowest BCUT2D eigenvalue weighted by Gasteiger charge is -2.25. The first kappa shape index (κ1) is 24.8. The third-order valence-corrected chi connectivity index (χ3v) is 7.24. The summed E-state index contributed by atoms with van der Waals surface area (Å²) in [7, 11) is 1.47. The molecule has 0 aliphatic carbocycles. The highest BCUT2D eigenvalue weighted by Crippen LogP contribution is 2.32. The molecule has 4 rings (SSSR count). The van der Waals surface area contributed by atoms with Crippen molar-refractivity contribution in [3.63, 3.8) is 0 Å². The van der Waals surface area contributed by atoms with Gasteiger partial charge in [-0.2, -0.15) is 0 Å². The van der Waals surface area contributed by atoms with Crippen molar-refractivity contribution in [3.8, 4) is 11.5 Å². The summed E-state index contributed by atoms with van der Waals surface area (Å²) < 4.78 is 12.6. The quantitative estimate of drug-likeness (QED) is 0.402. The molecule has 1 aliphatic rings. The molecule has 9 heteroatoms. The largest absolute Gasteiger partial charge is 0.504 e. The smallest absolute Gasteiger partial charge is 0.338 e. The van der Waals surface area contributed by atoms with E-state index in [1.807, 2.05) is 30.5 Å². The number of hydrogen-bond donors (Lipinski definition) is 1. The van der Waals surface area contributed by atoms with Crippen LogP contribution in [-0.2, 0) is 9.53 Å². The van der Waals surface area contributed by atoms with Gasteiger partial charge in [-0.1, -0.05) is 29.5 Å². The molecule has 0 amide bonds. The van der Waals surface area contributed by atoms with Crippen molar-refractivity contribution in [1.82, 2.24) is 4.57 Å². The van der Waals surface area contributed by atoms with E-state index in [0.29, 0.717) is 31.9 Å². The van der Waals surface area contributed by atoms with E-state index in [1.165, 1.54) is 24.5 Å². The second-order valence-corrected chi connectivity index (χ2v) is 10.1. The molecule has 2 aromatic carbocycles. The molecule has 1 aromatic heterocycles. The van der Waals surface area contributed by atoms with Crippen molar-refractivity contribution in [3.05, 3.63) is 84.5 Å². The number of fused-ring (bicyclic) bond motifs is 1. The number of carbonyl (C=O) groups is 1. The number of phenolic OH excluding ortho intramolecular Hbond substituents is 1. The molecule has 0 saturated carbocycles. The third-order valence-electron chi connectivity index (χ3n) is 5.52. The Morgan fingerprint density at radius 1 is 1.23 bits per heavy atom. The van der Waals surface area contributed by atoms with E-state index < -0.39 is 12.0 Å². The first-order valence-corrected chi connectivity index (χ1v) is 13.0. The number of methoxy groups -OCH3 is 1. The Labute approximate surface area is 211 Å². The second kappa shape index (κ2) is 10.1. The molecule has 0 fully saturated rings. The van der Waals surface area contributed by atoms with Gasteiger partial charge in [-0.3, -0.25) is 9.36 Å². The molecule has 0 bridgehead atoms. The Morgan fingerprint density at radius 3 is 2.54 bits per heavy atom. The highest BCUT2D eigenvalue weighted by molar-refractivity contribution is 7.98. The monoisotopic (exact) mass is 510 g/mol. The summed E-state index contributed by atoms with van der Waals surface area (Å²) >= 11 is 2.85. The fourth-order valence-electron chi connectivity index (χ4n) is 3.91. The number of benzene rings is 2. The van der Waals surface area contributed by atoms with Gasteiger partial charge in [-0.25, -0.2) is 9.79 Å². The van der Waals surface area contributed by atoms with Crippen molar-refractivity contribution in [1.29, 1.82) is 0 Å². The Kier molecular flexibility index (Phi) is 7.18. The molecule has 0 spiro atoms. The van der Waals surface area contributed by atoms with Crippen LogP contribution in [0.15, 0.2) is 68.4 Å². The van der Waals surface area contributed by atoms with Crippen molar-refractivity contribution in [2.24, 2.45) is 4.99 Å². The maximum Gasteiger partial charge on any atom is 0.338 e. The Hall–Kier alpha value is -3.30. The van der Waals surface area contributed by atoms with Crippen molar-refractivity contribution < 1.29 is 19.4 Å². The van der Waals surface area contributed by atoms with Crippen LogP contribution in [0.5, 0.6) is 11.5 Å². The van der Waals surface area contributed by atoms with Gasteiger partial charge in [0.2, 0.25) is 0 Å². The van der Waals surface area contributed by atoms with Gasteiger partial charge in [0.15, 0.2) is 16.3 Å². The number of nitrogens with zero attached hydrogens (tertiary/aromatic N) is 2. The lowest BCUT2D eigenvalue weighted by Crippen LogP contribution is -2.40. The van der Waals surface area contributed by atoms with Crippen LogP contribution in [0.3, 0.4) is 0 Å². The highest BCUT2D eigenvalue weighted by Gasteiger charge is 2.33. The molecule has 3 aromatic rings. The third kappa shape index (κ3) is 4.92. The molecule has 0 radical (unpaired) electrons. The number of allylic oxidation sites excluding steroid dienone is 1. The van der Waals surface area contributed by atoms with Gasteiger partial charge in [0.1, 0.15) is 0 Å². The number of ether oxygens (including phenoxy) is 2. The summed E-state index contributed by atoms with van der Waals surface area (Å²) in [6.45, 7) is 5.34. The fraction of sp³-hybridized carbons (Fsp3) is 0.269.